The summed E-state index contributed by atoms with van der Waals surface area (Å²) in [7, 11) is 0. The molecule has 0 radical (unpaired) electrons. The lowest BCUT2D eigenvalue weighted by Crippen LogP contribution is -2.47. The van der Waals surface area contributed by atoms with Crippen LogP contribution in [0.4, 0.5) is 0 Å². The average Bonchev–Trinajstić information content (AvgIpc) is 2.48. The molecule has 0 saturated carbocycles. The lowest BCUT2D eigenvalue weighted by atomic mass is 10.0. The SMILES string of the molecule is CCN1CCN(CCOc2cc(C)ccc2C(C)C)CC1.Cl. The Morgan fingerprint density at radius 3 is 2.32 bits per heavy atom. The zero-order chi connectivity index (χ0) is 15.2. The maximum absolute atomic E-state index is 6.08. The minimum absolute atomic E-state index is 0. The molecule has 4 heteroatoms. The molecule has 0 spiro atoms. The molecule has 0 aliphatic carbocycles. The first-order valence-electron chi connectivity index (χ1n) is 8.28. The first kappa shape index (κ1) is 19.3. The number of benzene rings is 1. The molecule has 1 fully saturated rings. The van der Waals surface area contributed by atoms with E-state index in [0.717, 1.165) is 18.9 Å². The Kier molecular flexibility index (Phi) is 8.23. The average molecular weight is 327 g/mol. The van der Waals surface area contributed by atoms with Gasteiger partial charge in [0.25, 0.3) is 0 Å². The third kappa shape index (κ3) is 5.45. The number of rotatable bonds is 6. The molecule has 2 rings (SSSR count). The number of hydrogen-bond acceptors (Lipinski definition) is 3. The van der Waals surface area contributed by atoms with Crippen LogP contribution >= 0.6 is 12.4 Å². The molecule has 22 heavy (non-hydrogen) atoms. The molecule has 0 unspecified atom stereocenters. The standard InChI is InChI=1S/C18H30N2O.ClH/c1-5-19-8-10-20(11-9-19)12-13-21-18-14-16(4)6-7-17(18)15(2)3;/h6-7,14-15H,5,8-13H2,1-4H3;1H. The van der Waals surface area contributed by atoms with Crippen LogP contribution in [-0.2, 0) is 0 Å². The van der Waals surface area contributed by atoms with Crippen molar-refractivity contribution in [2.24, 2.45) is 0 Å². The highest BCUT2D eigenvalue weighted by Crippen LogP contribution is 2.27. The molecule has 3 nitrogen and oxygen atoms in total. The molecule has 1 saturated heterocycles. The number of ether oxygens (including phenoxy) is 1. The van der Waals surface area contributed by atoms with Crippen molar-refractivity contribution in [2.45, 2.75) is 33.6 Å². The lowest BCUT2D eigenvalue weighted by Gasteiger charge is -2.33. The Labute approximate surface area is 142 Å². The summed E-state index contributed by atoms with van der Waals surface area (Å²) in [5, 5.41) is 0. The Balaban J connectivity index is 0.00000242. The number of piperazine rings is 1. The fourth-order valence-electron chi connectivity index (χ4n) is 2.86. The van der Waals surface area contributed by atoms with Gasteiger partial charge in [-0.15, -0.1) is 12.4 Å². The van der Waals surface area contributed by atoms with E-state index >= 15 is 0 Å². The molecule has 126 valence electrons. The third-order valence-corrected chi connectivity index (χ3v) is 4.37. The van der Waals surface area contributed by atoms with Crippen LogP contribution in [0.3, 0.4) is 0 Å². The van der Waals surface area contributed by atoms with E-state index < -0.39 is 0 Å². The Morgan fingerprint density at radius 2 is 1.73 bits per heavy atom. The first-order chi connectivity index (χ1) is 10.1. The van der Waals surface area contributed by atoms with Crippen LogP contribution in [0.2, 0.25) is 0 Å². The molecule has 0 bridgehead atoms. The molecule has 1 aliphatic heterocycles. The van der Waals surface area contributed by atoms with E-state index in [9.17, 15) is 0 Å². The van der Waals surface area contributed by atoms with Crippen LogP contribution < -0.4 is 4.74 Å². The summed E-state index contributed by atoms with van der Waals surface area (Å²) < 4.78 is 6.08. The number of nitrogens with zero attached hydrogens (tertiary/aromatic N) is 2. The predicted molar refractivity (Wildman–Crippen MR) is 96.6 cm³/mol. The van der Waals surface area contributed by atoms with E-state index in [1.165, 1.54) is 43.9 Å². The van der Waals surface area contributed by atoms with Gasteiger partial charge in [0.05, 0.1) is 0 Å². The van der Waals surface area contributed by atoms with E-state index in [-0.39, 0.29) is 12.4 Å². The van der Waals surface area contributed by atoms with Crippen LogP contribution in [0.5, 0.6) is 5.75 Å². The minimum Gasteiger partial charge on any atom is -0.492 e. The summed E-state index contributed by atoms with van der Waals surface area (Å²) in [5.41, 5.74) is 2.59. The second-order valence-electron chi connectivity index (χ2n) is 6.32. The van der Waals surface area contributed by atoms with Gasteiger partial charge in [-0.1, -0.05) is 32.9 Å². The molecule has 0 amide bonds. The van der Waals surface area contributed by atoms with Gasteiger partial charge in [0.2, 0.25) is 0 Å². The van der Waals surface area contributed by atoms with Gasteiger partial charge in [0.15, 0.2) is 0 Å². The highest BCUT2D eigenvalue weighted by molar-refractivity contribution is 5.85. The number of aryl methyl sites for hydroxylation is 1. The second-order valence-corrected chi connectivity index (χ2v) is 6.32. The summed E-state index contributed by atoms with van der Waals surface area (Å²) in [6.45, 7) is 16.5. The zero-order valence-corrected chi connectivity index (χ0v) is 15.3. The molecule has 1 aromatic carbocycles. The first-order valence-corrected chi connectivity index (χ1v) is 8.28. The molecular weight excluding hydrogens is 296 g/mol. The predicted octanol–water partition coefficient (Wildman–Crippen LogP) is 3.56. The van der Waals surface area contributed by atoms with E-state index in [1.807, 2.05) is 0 Å². The smallest absolute Gasteiger partial charge is 0.123 e. The monoisotopic (exact) mass is 326 g/mol. The zero-order valence-electron chi connectivity index (χ0n) is 14.5. The maximum Gasteiger partial charge on any atom is 0.123 e. The fourth-order valence-corrected chi connectivity index (χ4v) is 2.86. The van der Waals surface area contributed by atoms with Crippen molar-refractivity contribution in [1.29, 1.82) is 0 Å². The van der Waals surface area contributed by atoms with Gasteiger partial charge >= 0.3 is 0 Å². The van der Waals surface area contributed by atoms with Gasteiger partial charge in [0, 0.05) is 32.7 Å². The van der Waals surface area contributed by atoms with E-state index in [0.29, 0.717) is 5.92 Å². The summed E-state index contributed by atoms with van der Waals surface area (Å²) >= 11 is 0. The summed E-state index contributed by atoms with van der Waals surface area (Å²) in [6, 6.07) is 6.55. The molecule has 1 aliphatic rings. The number of halogens is 1. The van der Waals surface area contributed by atoms with Crippen molar-refractivity contribution in [2.75, 3.05) is 45.9 Å². The molecule has 0 atom stereocenters. The maximum atomic E-state index is 6.08. The fraction of sp³-hybridized carbons (Fsp3) is 0.667. The van der Waals surface area contributed by atoms with Crippen LogP contribution in [-0.4, -0.2) is 55.7 Å². The van der Waals surface area contributed by atoms with Gasteiger partial charge in [-0.3, -0.25) is 4.90 Å². The van der Waals surface area contributed by atoms with E-state index in [1.54, 1.807) is 0 Å². The van der Waals surface area contributed by atoms with Crippen molar-refractivity contribution in [1.82, 2.24) is 9.80 Å². The van der Waals surface area contributed by atoms with Crippen LogP contribution in [0.25, 0.3) is 0 Å². The Hall–Kier alpha value is -0.770. The lowest BCUT2D eigenvalue weighted by molar-refractivity contribution is 0.120. The van der Waals surface area contributed by atoms with Gasteiger partial charge in [-0.25, -0.2) is 0 Å². The molecule has 0 N–H and O–H groups in total. The summed E-state index contributed by atoms with van der Waals surface area (Å²) in [6.07, 6.45) is 0. The number of likely N-dealkylation sites (N-methyl/N-ethyl adjacent to an activating group) is 1. The van der Waals surface area contributed by atoms with Crippen molar-refractivity contribution in [3.63, 3.8) is 0 Å². The Bertz CT molecular complexity index is 443. The Morgan fingerprint density at radius 1 is 1.09 bits per heavy atom. The second kappa shape index (κ2) is 9.39. The highest BCUT2D eigenvalue weighted by Gasteiger charge is 2.15. The van der Waals surface area contributed by atoms with Gasteiger partial charge < -0.3 is 9.64 Å². The third-order valence-electron chi connectivity index (χ3n) is 4.37. The number of hydrogen-bond donors (Lipinski definition) is 0. The van der Waals surface area contributed by atoms with Crippen molar-refractivity contribution < 1.29 is 4.74 Å². The van der Waals surface area contributed by atoms with Crippen molar-refractivity contribution in [3.8, 4) is 5.75 Å². The molecular formula is C18H31ClN2O. The van der Waals surface area contributed by atoms with Crippen molar-refractivity contribution >= 4 is 12.4 Å². The van der Waals surface area contributed by atoms with Gasteiger partial charge in [0.1, 0.15) is 12.4 Å². The van der Waals surface area contributed by atoms with E-state index in [4.69, 9.17) is 4.74 Å². The van der Waals surface area contributed by atoms with Crippen LogP contribution in [0.1, 0.15) is 37.8 Å². The van der Waals surface area contributed by atoms with E-state index in [2.05, 4.69) is 55.7 Å². The topological polar surface area (TPSA) is 15.7 Å². The van der Waals surface area contributed by atoms with Crippen molar-refractivity contribution in [3.05, 3.63) is 29.3 Å². The quantitative estimate of drug-likeness (QED) is 0.795. The molecule has 0 aromatic heterocycles. The minimum atomic E-state index is 0. The van der Waals surface area contributed by atoms with Gasteiger partial charge in [-0.05, 0) is 36.6 Å². The van der Waals surface area contributed by atoms with Crippen LogP contribution in [0, 0.1) is 6.92 Å². The van der Waals surface area contributed by atoms with Gasteiger partial charge in [-0.2, -0.15) is 0 Å². The largest absolute Gasteiger partial charge is 0.492 e. The molecule has 1 aromatic rings. The molecule has 1 heterocycles. The summed E-state index contributed by atoms with van der Waals surface area (Å²) in [4.78, 5) is 5.02. The van der Waals surface area contributed by atoms with Crippen LogP contribution in [0.15, 0.2) is 18.2 Å². The highest BCUT2D eigenvalue weighted by atomic mass is 35.5. The normalized spacial score (nSPS) is 16.6. The summed E-state index contributed by atoms with van der Waals surface area (Å²) in [5.74, 6) is 1.57.